The highest BCUT2D eigenvalue weighted by Crippen LogP contribution is 2.25. The van der Waals surface area contributed by atoms with Gasteiger partial charge >= 0.3 is 0 Å². The highest BCUT2D eigenvalue weighted by Gasteiger charge is 2.22. The van der Waals surface area contributed by atoms with Crippen molar-refractivity contribution in [2.24, 2.45) is 0 Å². The van der Waals surface area contributed by atoms with Crippen molar-refractivity contribution in [1.82, 2.24) is 10.1 Å². The normalized spacial score (nSPS) is 14.3. The van der Waals surface area contributed by atoms with Crippen LogP contribution in [0.15, 0.2) is 59.3 Å². The van der Waals surface area contributed by atoms with Crippen LogP contribution in [0.2, 0.25) is 0 Å². The van der Waals surface area contributed by atoms with Gasteiger partial charge in [-0.1, -0.05) is 17.3 Å². The van der Waals surface area contributed by atoms with Crippen molar-refractivity contribution in [1.29, 1.82) is 0 Å². The van der Waals surface area contributed by atoms with Crippen LogP contribution in [0.25, 0.3) is 11.3 Å². The number of rotatable bonds is 5. The van der Waals surface area contributed by atoms with Gasteiger partial charge in [0, 0.05) is 49.4 Å². The van der Waals surface area contributed by atoms with E-state index >= 15 is 0 Å². The topological polar surface area (TPSA) is 49.6 Å². The third kappa shape index (κ3) is 4.47. The molecule has 150 valence electrons. The minimum atomic E-state index is -0.296. The first-order chi connectivity index (χ1) is 14.1. The summed E-state index contributed by atoms with van der Waals surface area (Å²) in [5.74, 6) is 0.442. The van der Waals surface area contributed by atoms with Gasteiger partial charge in [-0.15, -0.1) is 0 Å². The molecule has 4 rings (SSSR count). The Hall–Kier alpha value is -3.15. The van der Waals surface area contributed by atoms with Crippen molar-refractivity contribution in [2.75, 3.05) is 31.1 Å². The SMILES string of the molecule is Cc1cccc(N2CCN(C(=O)CCc3cnoc3-c3ccc(F)cc3)CC2)c1. The molecule has 3 aromatic rings. The first kappa shape index (κ1) is 19.2. The Labute approximate surface area is 169 Å². The van der Waals surface area contributed by atoms with E-state index in [4.69, 9.17) is 4.52 Å². The molecular formula is C23H24FN3O2. The van der Waals surface area contributed by atoms with Crippen LogP contribution in [-0.4, -0.2) is 42.1 Å². The lowest BCUT2D eigenvalue weighted by Crippen LogP contribution is -2.48. The van der Waals surface area contributed by atoms with Gasteiger partial charge in [0.25, 0.3) is 0 Å². The zero-order valence-corrected chi connectivity index (χ0v) is 16.5. The summed E-state index contributed by atoms with van der Waals surface area (Å²) >= 11 is 0. The molecule has 29 heavy (non-hydrogen) atoms. The summed E-state index contributed by atoms with van der Waals surface area (Å²) in [7, 11) is 0. The van der Waals surface area contributed by atoms with E-state index in [1.165, 1.54) is 23.4 Å². The van der Waals surface area contributed by atoms with Gasteiger partial charge in [-0.2, -0.15) is 0 Å². The van der Waals surface area contributed by atoms with Gasteiger partial charge in [0.1, 0.15) is 5.82 Å². The molecule has 0 bridgehead atoms. The number of amides is 1. The molecule has 2 aromatic carbocycles. The van der Waals surface area contributed by atoms with Crippen LogP contribution in [0.4, 0.5) is 10.1 Å². The maximum absolute atomic E-state index is 13.1. The Balaban J connectivity index is 1.32. The molecule has 1 saturated heterocycles. The van der Waals surface area contributed by atoms with Crippen LogP contribution in [0.5, 0.6) is 0 Å². The van der Waals surface area contributed by atoms with Gasteiger partial charge in [0.2, 0.25) is 5.91 Å². The summed E-state index contributed by atoms with van der Waals surface area (Å²) in [5, 5.41) is 3.86. The van der Waals surface area contributed by atoms with Gasteiger partial charge in [0.05, 0.1) is 6.20 Å². The van der Waals surface area contributed by atoms with Gasteiger partial charge in [-0.05, 0) is 55.3 Å². The highest BCUT2D eigenvalue weighted by molar-refractivity contribution is 5.77. The molecule has 5 nitrogen and oxygen atoms in total. The second-order valence-electron chi connectivity index (χ2n) is 7.39. The smallest absolute Gasteiger partial charge is 0.223 e. The predicted molar refractivity (Wildman–Crippen MR) is 110 cm³/mol. The lowest BCUT2D eigenvalue weighted by molar-refractivity contribution is -0.131. The quantitative estimate of drug-likeness (QED) is 0.656. The summed E-state index contributed by atoms with van der Waals surface area (Å²) in [6.07, 6.45) is 2.59. The number of aryl methyl sites for hydroxylation is 2. The van der Waals surface area contributed by atoms with E-state index in [0.29, 0.717) is 18.6 Å². The number of carbonyl (C=O) groups is 1. The monoisotopic (exact) mass is 393 g/mol. The molecule has 0 saturated carbocycles. The van der Waals surface area contributed by atoms with Crippen LogP contribution in [-0.2, 0) is 11.2 Å². The predicted octanol–water partition coefficient (Wildman–Crippen LogP) is 4.07. The number of anilines is 1. The van der Waals surface area contributed by atoms with E-state index in [-0.39, 0.29) is 11.7 Å². The number of hydrogen-bond donors (Lipinski definition) is 0. The molecule has 1 aliphatic rings. The van der Waals surface area contributed by atoms with Gasteiger partial charge < -0.3 is 14.3 Å². The molecule has 6 heteroatoms. The van der Waals surface area contributed by atoms with E-state index in [1.54, 1.807) is 18.3 Å². The van der Waals surface area contributed by atoms with E-state index in [1.807, 2.05) is 4.90 Å². The summed E-state index contributed by atoms with van der Waals surface area (Å²) in [6, 6.07) is 14.6. The Bertz CT molecular complexity index is 976. The second kappa shape index (κ2) is 8.47. The van der Waals surface area contributed by atoms with Crippen molar-refractivity contribution in [3.8, 4) is 11.3 Å². The molecule has 1 fully saturated rings. The number of nitrogens with zero attached hydrogens (tertiary/aromatic N) is 3. The van der Waals surface area contributed by atoms with E-state index in [9.17, 15) is 9.18 Å². The van der Waals surface area contributed by atoms with Crippen molar-refractivity contribution in [3.63, 3.8) is 0 Å². The Morgan fingerprint density at radius 1 is 1.10 bits per heavy atom. The van der Waals surface area contributed by atoms with Crippen LogP contribution in [0.1, 0.15) is 17.5 Å². The van der Waals surface area contributed by atoms with Crippen molar-refractivity contribution in [2.45, 2.75) is 19.8 Å². The molecule has 0 radical (unpaired) electrons. The molecule has 0 spiro atoms. The zero-order chi connectivity index (χ0) is 20.2. The molecular weight excluding hydrogens is 369 g/mol. The standard InChI is InChI=1S/C23H24FN3O2/c1-17-3-2-4-21(15-17)26-11-13-27(14-12-26)22(28)10-7-19-16-25-29-23(19)18-5-8-20(24)9-6-18/h2-6,8-9,15-16H,7,10-14H2,1H3. The Morgan fingerprint density at radius 3 is 2.59 bits per heavy atom. The molecule has 0 N–H and O–H groups in total. The van der Waals surface area contributed by atoms with Crippen molar-refractivity contribution >= 4 is 11.6 Å². The third-order valence-electron chi connectivity index (χ3n) is 5.36. The number of benzene rings is 2. The Kier molecular flexibility index (Phi) is 5.60. The van der Waals surface area contributed by atoms with Crippen LogP contribution >= 0.6 is 0 Å². The number of halogens is 1. The number of piperazine rings is 1. The minimum Gasteiger partial charge on any atom is -0.368 e. The van der Waals surface area contributed by atoms with E-state index < -0.39 is 0 Å². The van der Waals surface area contributed by atoms with Crippen LogP contribution in [0.3, 0.4) is 0 Å². The van der Waals surface area contributed by atoms with Gasteiger partial charge in [-0.25, -0.2) is 4.39 Å². The zero-order valence-electron chi connectivity index (χ0n) is 16.5. The Morgan fingerprint density at radius 2 is 1.86 bits per heavy atom. The number of aromatic nitrogens is 1. The van der Waals surface area contributed by atoms with E-state index in [0.717, 1.165) is 37.3 Å². The first-order valence-electron chi connectivity index (χ1n) is 9.89. The fraction of sp³-hybridized carbons (Fsp3) is 0.304. The summed E-state index contributed by atoms with van der Waals surface area (Å²) in [4.78, 5) is 16.9. The third-order valence-corrected chi connectivity index (χ3v) is 5.36. The summed E-state index contributed by atoms with van der Waals surface area (Å²) < 4.78 is 18.5. The maximum Gasteiger partial charge on any atom is 0.223 e. The molecule has 1 aromatic heterocycles. The van der Waals surface area contributed by atoms with Crippen molar-refractivity contribution < 1.29 is 13.7 Å². The molecule has 2 heterocycles. The fourth-order valence-electron chi connectivity index (χ4n) is 3.72. The minimum absolute atomic E-state index is 0.139. The lowest BCUT2D eigenvalue weighted by atomic mass is 10.0. The largest absolute Gasteiger partial charge is 0.368 e. The summed E-state index contributed by atoms with van der Waals surface area (Å²) in [6.45, 7) is 5.21. The number of carbonyl (C=O) groups excluding carboxylic acids is 1. The molecule has 0 atom stereocenters. The lowest BCUT2D eigenvalue weighted by Gasteiger charge is -2.36. The highest BCUT2D eigenvalue weighted by atomic mass is 19.1. The summed E-state index contributed by atoms with van der Waals surface area (Å²) in [5.41, 5.74) is 4.08. The first-order valence-corrected chi connectivity index (χ1v) is 9.89. The van der Waals surface area contributed by atoms with Crippen LogP contribution in [0, 0.1) is 12.7 Å². The average Bonchev–Trinajstić information content (AvgIpc) is 3.21. The number of hydrogen-bond acceptors (Lipinski definition) is 4. The van der Waals surface area contributed by atoms with Crippen molar-refractivity contribution in [3.05, 3.63) is 71.7 Å². The molecule has 1 aliphatic heterocycles. The second-order valence-corrected chi connectivity index (χ2v) is 7.39. The average molecular weight is 393 g/mol. The molecule has 0 aliphatic carbocycles. The van der Waals surface area contributed by atoms with Crippen LogP contribution < -0.4 is 4.90 Å². The molecule has 1 amide bonds. The maximum atomic E-state index is 13.1. The fourth-order valence-corrected chi connectivity index (χ4v) is 3.72. The van der Waals surface area contributed by atoms with Gasteiger partial charge in [-0.3, -0.25) is 4.79 Å². The van der Waals surface area contributed by atoms with E-state index in [2.05, 4.69) is 41.2 Å². The molecule has 0 unspecified atom stereocenters. The van der Waals surface area contributed by atoms with Gasteiger partial charge in [0.15, 0.2) is 5.76 Å².